The number of nitro groups is 1. The number of cyclic esters (lactones) is 1. The zero-order valence-electron chi connectivity index (χ0n) is 38.5. The van der Waals surface area contributed by atoms with Crippen LogP contribution in [0, 0.1) is 27.9 Å². The van der Waals surface area contributed by atoms with Gasteiger partial charge in [0.25, 0.3) is 5.69 Å². The molecule has 19 heteroatoms. The van der Waals surface area contributed by atoms with E-state index in [2.05, 4.69) is 22.5 Å². The van der Waals surface area contributed by atoms with Gasteiger partial charge in [0.1, 0.15) is 36.5 Å². The lowest BCUT2D eigenvalue weighted by molar-refractivity contribution is -0.384. The minimum atomic E-state index is -2.23. The number of aliphatic hydroxyl groups is 1. The molecule has 0 bridgehead atoms. The van der Waals surface area contributed by atoms with Crippen LogP contribution in [0.25, 0.3) is 10.2 Å². The molecule has 0 unspecified atom stereocenters. The van der Waals surface area contributed by atoms with Crippen molar-refractivity contribution in [3.63, 3.8) is 0 Å². The molecule has 5 N–H and O–H groups in total. The number of aromatic nitrogens is 1. The van der Waals surface area contributed by atoms with Crippen molar-refractivity contribution in [1.82, 2.24) is 15.2 Å². The average molecular weight is 998 g/mol. The molecule has 2 saturated heterocycles. The first-order chi connectivity index (χ1) is 35.5. The van der Waals surface area contributed by atoms with Crippen LogP contribution < -0.4 is 26.0 Å². The van der Waals surface area contributed by atoms with E-state index in [0.717, 1.165) is 9.60 Å². The first-order valence-corrected chi connectivity index (χ1v) is 23.8. The van der Waals surface area contributed by atoms with Crippen molar-refractivity contribution in [2.45, 2.75) is 36.3 Å². The van der Waals surface area contributed by atoms with Gasteiger partial charge in [-0.05, 0) is 82.4 Å². The van der Waals surface area contributed by atoms with Crippen LogP contribution in [0.3, 0.4) is 0 Å². The van der Waals surface area contributed by atoms with Gasteiger partial charge in [0.05, 0.1) is 52.0 Å². The molecule has 10 rings (SSSR count). The Balaban J connectivity index is 1.24. The number of fused-ring (bicyclic) bond motifs is 4. The van der Waals surface area contributed by atoms with Gasteiger partial charge in [0.2, 0.25) is 11.8 Å². The van der Waals surface area contributed by atoms with Crippen molar-refractivity contribution in [1.29, 1.82) is 0 Å². The van der Waals surface area contributed by atoms with Crippen LogP contribution in [0.1, 0.15) is 51.6 Å². The molecule has 73 heavy (non-hydrogen) atoms. The third-order valence-electron chi connectivity index (χ3n) is 13.1. The van der Waals surface area contributed by atoms with E-state index in [1.54, 1.807) is 48.5 Å². The predicted molar refractivity (Wildman–Crippen MR) is 267 cm³/mol. The molecule has 4 heterocycles. The lowest BCUT2D eigenvalue weighted by atomic mass is 9.65. The first-order valence-electron chi connectivity index (χ1n) is 23.0. The van der Waals surface area contributed by atoms with E-state index in [1.807, 2.05) is 77.7 Å². The molecule has 5 amide bonds. The van der Waals surface area contributed by atoms with E-state index >= 15 is 14.4 Å². The van der Waals surface area contributed by atoms with Crippen LogP contribution in [-0.4, -0.2) is 75.6 Å². The maximum Gasteiger partial charge on any atom is 0.421 e. The van der Waals surface area contributed by atoms with Gasteiger partial charge in [-0.15, -0.1) is 0 Å². The summed E-state index contributed by atoms with van der Waals surface area (Å²) in [5.41, 5.74) is 5.99. The summed E-state index contributed by atoms with van der Waals surface area (Å²) in [7, 11) is 0. The van der Waals surface area contributed by atoms with Crippen LogP contribution in [0.5, 0.6) is 5.75 Å². The number of benzene rings is 6. The van der Waals surface area contributed by atoms with E-state index in [0.29, 0.717) is 39.1 Å². The molecule has 1 aromatic heterocycles. The molecular weight excluding hydrogens is 955 g/mol. The Morgan fingerprint density at radius 1 is 0.863 bits per heavy atom. The van der Waals surface area contributed by atoms with Gasteiger partial charge < -0.3 is 35.7 Å². The van der Waals surface area contributed by atoms with E-state index < -0.39 is 77.0 Å². The summed E-state index contributed by atoms with van der Waals surface area (Å²) in [5.74, 6) is 1.88. The Bertz CT molecular complexity index is 3330. The summed E-state index contributed by atoms with van der Waals surface area (Å²) in [5, 5.41) is 26.8. The van der Waals surface area contributed by atoms with Crippen LogP contribution in [0.4, 0.5) is 26.1 Å². The number of primary amides is 1. The van der Waals surface area contributed by atoms with Crippen molar-refractivity contribution in [3.05, 3.63) is 195 Å². The highest BCUT2D eigenvalue weighted by Crippen LogP contribution is 2.66. The predicted octanol–water partition coefficient (Wildman–Crippen LogP) is 7.24. The second kappa shape index (κ2) is 20.0. The Hall–Kier alpha value is -8.96. The molecule has 0 aliphatic carbocycles. The summed E-state index contributed by atoms with van der Waals surface area (Å²) >= 11 is 1.19. The second-order valence-electron chi connectivity index (χ2n) is 17.3. The molecule has 366 valence electrons. The number of aliphatic hydroxyl groups excluding tert-OH is 1. The number of morpholine rings is 1. The molecule has 6 atom stereocenters. The lowest BCUT2D eigenvalue weighted by Crippen LogP contribution is -2.54. The molecule has 7 aromatic rings. The summed E-state index contributed by atoms with van der Waals surface area (Å²) in [6.45, 7) is -0.960. The van der Waals surface area contributed by atoms with Crippen molar-refractivity contribution in [2.75, 3.05) is 30.0 Å². The second-order valence-corrected chi connectivity index (χ2v) is 18.3. The molecule has 6 aromatic carbocycles. The summed E-state index contributed by atoms with van der Waals surface area (Å²) < 4.78 is 19.2. The minimum absolute atomic E-state index is 0.0130. The first kappa shape index (κ1) is 47.7. The zero-order valence-corrected chi connectivity index (χ0v) is 39.3. The van der Waals surface area contributed by atoms with Gasteiger partial charge in [0, 0.05) is 17.7 Å². The number of non-ortho nitro benzene ring substituents is 1. The average Bonchev–Trinajstić information content (AvgIpc) is 4.04. The smallest absolute Gasteiger partial charge is 0.421 e. The number of amides is 5. The number of esters is 1. The largest absolute Gasteiger partial charge is 0.491 e. The third-order valence-corrected chi connectivity index (χ3v) is 14.0. The van der Waals surface area contributed by atoms with Crippen molar-refractivity contribution < 1.29 is 48.2 Å². The van der Waals surface area contributed by atoms with Gasteiger partial charge >= 0.3 is 18.1 Å². The van der Waals surface area contributed by atoms with Crippen LogP contribution in [-0.2, 0) is 35.9 Å². The minimum Gasteiger partial charge on any atom is -0.491 e. The molecule has 2 fully saturated rings. The Kier molecular flexibility index (Phi) is 13.1. The number of nitro benzene ring substituents is 1. The quantitative estimate of drug-likeness (QED) is 0.0409. The topological polar surface area (TPSA) is 246 Å². The number of carbonyl (C=O) groups excluding carboxylic acids is 5. The van der Waals surface area contributed by atoms with Crippen LogP contribution in [0.2, 0.25) is 0 Å². The maximum atomic E-state index is 16.6. The standard InChI is InChI=1S/C54H43N7O11S/c55-51(66)56-26-10-11-32-22-25-41-39(29-32)54(50(65)59(41)53(67)71-31-33-20-23-37(24-21-33)61(68)69)43(48(63)58-52-57-40-18-7-8-19-42(40)73-52)45-49(64)72-46(35-14-5-2-6-15-35)44(34-12-3-1-4-13-34)60(45)47(54)36-16-9-17-38(30-36)70-28-27-62/h1-9,12-25,29-30,43-47,62H,26-28,31H2,(H3,55,56,66)(H,57,58,63)/t43-,44-,45-,46+,47+,54-/m1/s1. The number of hydrogen-bond donors (Lipinski definition) is 4. The number of carbonyl (C=O) groups is 5. The van der Waals surface area contributed by atoms with Gasteiger partial charge in [-0.1, -0.05) is 108 Å². The molecule has 0 saturated carbocycles. The number of nitrogens with one attached hydrogen (secondary N) is 2. The number of para-hydroxylation sites is 1. The molecular formula is C54H43N7O11S. The van der Waals surface area contributed by atoms with Crippen molar-refractivity contribution in [3.8, 4) is 17.6 Å². The molecule has 3 aliphatic rings. The van der Waals surface area contributed by atoms with E-state index in [-0.39, 0.29) is 41.8 Å². The van der Waals surface area contributed by atoms with E-state index in [4.69, 9.17) is 24.9 Å². The van der Waals surface area contributed by atoms with Gasteiger partial charge in [-0.25, -0.2) is 19.5 Å². The maximum absolute atomic E-state index is 16.6. The number of nitrogens with two attached hydrogens (primary N) is 1. The van der Waals surface area contributed by atoms with Gasteiger partial charge in [-0.3, -0.25) is 29.4 Å². The van der Waals surface area contributed by atoms with Crippen LogP contribution in [0.15, 0.2) is 152 Å². The normalized spacial score (nSPS) is 20.8. The fourth-order valence-electron chi connectivity index (χ4n) is 10.2. The van der Waals surface area contributed by atoms with Crippen LogP contribution >= 0.6 is 11.3 Å². The van der Waals surface area contributed by atoms with E-state index in [9.17, 15) is 24.8 Å². The molecule has 3 aliphatic heterocycles. The number of anilines is 2. The number of rotatable bonds is 12. The number of thiazole rings is 1. The fourth-order valence-corrected chi connectivity index (χ4v) is 11.1. The third kappa shape index (κ3) is 8.84. The summed E-state index contributed by atoms with van der Waals surface area (Å²) in [6.07, 6.45) is -2.16. The summed E-state index contributed by atoms with van der Waals surface area (Å²) in [6, 6.07) is 37.8. The molecule has 0 radical (unpaired) electrons. The Morgan fingerprint density at radius 3 is 2.29 bits per heavy atom. The lowest BCUT2D eigenvalue weighted by Gasteiger charge is -2.46. The number of urea groups is 1. The highest BCUT2D eigenvalue weighted by molar-refractivity contribution is 7.22. The number of hydrogen-bond acceptors (Lipinski definition) is 14. The van der Waals surface area contributed by atoms with E-state index in [1.165, 1.54) is 41.7 Å². The van der Waals surface area contributed by atoms with Crippen molar-refractivity contribution in [2.24, 2.45) is 11.7 Å². The Labute approximate surface area is 420 Å². The SMILES string of the molecule is NC(=O)NCC#Cc1ccc2c(c1)[C@]1(C(=O)N2C(=O)OCc2ccc([N+](=O)[O-])cc2)[C@H](c2cccc(OCCO)c2)N2[C@H](c3ccccc3)[C@H](c3ccccc3)OC(=O)[C@H]2[C@@H]1C(=O)Nc1nc2ccccc2s1. The van der Waals surface area contributed by atoms with Crippen molar-refractivity contribution >= 4 is 68.0 Å². The fraction of sp³-hybridized carbons (Fsp3) is 0.185. The highest BCUT2D eigenvalue weighted by Gasteiger charge is 2.76. The zero-order chi connectivity index (χ0) is 50.8. The summed E-state index contributed by atoms with van der Waals surface area (Å²) in [4.78, 5) is 92.8. The van der Waals surface area contributed by atoms with Gasteiger partial charge in [0.15, 0.2) is 5.13 Å². The number of ether oxygens (including phenoxy) is 3. The Morgan fingerprint density at radius 2 is 1.58 bits per heavy atom. The number of imide groups is 1. The molecule has 18 nitrogen and oxygen atoms in total. The monoisotopic (exact) mass is 997 g/mol. The highest BCUT2D eigenvalue weighted by atomic mass is 32.1. The number of nitrogens with zero attached hydrogens (tertiary/aromatic N) is 4. The van der Waals surface area contributed by atoms with Gasteiger partial charge in [-0.2, -0.15) is 0 Å². The molecule has 1 spiro atoms.